The van der Waals surface area contributed by atoms with E-state index in [9.17, 15) is 14.4 Å². The van der Waals surface area contributed by atoms with Gasteiger partial charge in [-0.25, -0.2) is 4.79 Å². The van der Waals surface area contributed by atoms with Crippen LogP contribution in [0.15, 0.2) is 11.6 Å². The normalized spacial score (nSPS) is 15.9. The van der Waals surface area contributed by atoms with Crippen LogP contribution in [0.25, 0.3) is 0 Å². The quantitative estimate of drug-likeness (QED) is 0.413. The summed E-state index contributed by atoms with van der Waals surface area (Å²) in [6.45, 7) is 8.36. The standard InChI is InChI=1S/C13H19NO6/c1-8(2)13(4,5)19-20-18-11(16)7-14-10(15)6-9(3)12(14)17/h6,8H,7H2,1-5H3. The zero-order chi connectivity index (χ0) is 15.5. The van der Waals surface area contributed by atoms with E-state index in [1.165, 1.54) is 6.92 Å². The van der Waals surface area contributed by atoms with E-state index in [0.29, 0.717) is 0 Å². The molecule has 0 saturated carbocycles. The van der Waals surface area contributed by atoms with Crippen LogP contribution in [0.2, 0.25) is 0 Å². The highest BCUT2D eigenvalue weighted by Crippen LogP contribution is 2.20. The SMILES string of the molecule is CC1=CC(=O)N(CC(=O)OOOC(C)(C)C(C)C)C1=O. The lowest BCUT2D eigenvalue weighted by Crippen LogP contribution is -2.37. The number of imide groups is 1. The van der Waals surface area contributed by atoms with Crippen LogP contribution < -0.4 is 0 Å². The molecule has 0 fully saturated rings. The van der Waals surface area contributed by atoms with E-state index in [4.69, 9.17) is 4.89 Å². The number of amides is 2. The average molecular weight is 285 g/mol. The molecule has 0 atom stereocenters. The lowest BCUT2D eigenvalue weighted by molar-refractivity contribution is -0.520. The largest absolute Gasteiger partial charge is 0.365 e. The zero-order valence-corrected chi connectivity index (χ0v) is 12.3. The Hall–Kier alpha value is -1.73. The second kappa shape index (κ2) is 6.15. The lowest BCUT2D eigenvalue weighted by atomic mass is 9.95. The zero-order valence-electron chi connectivity index (χ0n) is 12.3. The summed E-state index contributed by atoms with van der Waals surface area (Å²) in [6.07, 6.45) is 1.16. The van der Waals surface area contributed by atoms with Crippen molar-refractivity contribution in [2.45, 2.75) is 40.2 Å². The van der Waals surface area contributed by atoms with Gasteiger partial charge >= 0.3 is 5.97 Å². The third kappa shape index (κ3) is 3.88. The van der Waals surface area contributed by atoms with Gasteiger partial charge in [-0.1, -0.05) is 13.8 Å². The summed E-state index contributed by atoms with van der Waals surface area (Å²) in [7, 11) is 0. The molecular weight excluding hydrogens is 266 g/mol. The van der Waals surface area contributed by atoms with Crippen molar-refractivity contribution in [2.75, 3.05) is 6.54 Å². The molecule has 20 heavy (non-hydrogen) atoms. The van der Waals surface area contributed by atoms with Gasteiger partial charge in [0.1, 0.15) is 12.1 Å². The van der Waals surface area contributed by atoms with E-state index in [2.05, 4.69) is 9.93 Å². The summed E-state index contributed by atoms with van der Waals surface area (Å²) in [4.78, 5) is 44.5. The molecule has 1 aliphatic rings. The van der Waals surface area contributed by atoms with E-state index in [1.807, 2.05) is 13.8 Å². The minimum atomic E-state index is -0.894. The molecule has 7 heteroatoms. The van der Waals surface area contributed by atoms with Gasteiger partial charge in [-0.3, -0.25) is 19.4 Å². The predicted octanol–water partition coefficient (Wildman–Crippen LogP) is 1.14. The van der Waals surface area contributed by atoms with E-state index in [0.717, 1.165) is 11.0 Å². The smallest absolute Gasteiger partial charge is 0.269 e. The summed E-state index contributed by atoms with van der Waals surface area (Å²) >= 11 is 0. The van der Waals surface area contributed by atoms with Crippen molar-refractivity contribution in [3.8, 4) is 0 Å². The molecule has 0 saturated heterocycles. The monoisotopic (exact) mass is 285 g/mol. The molecule has 1 rings (SSSR count). The Morgan fingerprint density at radius 2 is 1.95 bits per heavy atom. The Balaban J connectivity index is 2.39. The Morgan fingerprint density at radius 3 is 2.40 bits per heavy atom. The van der Waals surface area contributed by atoms with Crippen LogP contribution in [-0.4, -0.2) is 34.8 Å². The lowest BCUT2D eigenvalue weighted by Gasteiger charge is -2.26. The number of rotatable bonds is 6. The number of hydrogen-bond donors (Lipinski definition) is 0. The van der Waals surface area contributed by atoms with Crippen molar-refractivity contribution in [2.24, 2.45) is 5.92 Å². The highest BCUT2D eigenvalue weighted by Gasteiger charge is 2.31. The first-order valence-electron chi connectivity index (χ1n) is 6.24. The third-order valence-corrected chi connectivity index (χ3v) is 3.24. The Labute approximate surface area is 117 Å². The van der Waals surface area contributed by atoms with Crippen LogP contribution >= 0.6 is 0 Å². The maximum atomic E-state index is 11.5. The molecule has 1 aliphatic heterocycles. The Bertz CT molecular complexity index is 452. The first kappa shape index (κ1) is 16.3. The van der Waals surface area contributed by atoms with Gasteiger partial charge in [0, 0.05) is 11.6 Å². The average Bonchev–Trinajstić information content (AvgIpc) is 2.55. The predicted molar refractivity (Wildman–Crippen MR) is 67.7 cm³/mol. The number of carbonyl (C=O) groups excluding carboxylic acids is 3. The summed E-state index contributed by atoms with van der Waals surface area (Å²) < 4.78 is 0. The Morgan fingerprint density at radius 1 is 1.35 bits per heavy atom. The van der Waals surface area contributed by atoms with Crippen molar-refractivity contribution in [3.05, 3.63) is 11.6 Å². The molecule has 2 amide bonds. The third-order valence-electron chi connectivity index (χ3n) is 3.24. The van der Waals surface area contributed by atoms with Crippen LogP contribution in [0.4, 0.5) is 0 Å². The molecule has 0 aromatic heterocycles. The fraction of sp³-hybridized carbons (Fsp3) is 0.615. The van der Waals surface area contributed by atoms with E-state index in [1.54, 1.807) is 13.8 Å². The van der Waals surface area contributed by atoms with Crippen molar-refractivity contribution in [3.63, 3.8) is 0 Å². The van der Waals surface area contributed by atoms with Crippen molar-refractivity contribution < 1.29 is 29.2 Å². The highest BCUT2D eigenvalue weighted by molar-refractivity contribution is 6.16. The van der Waals surface area contributed by atoms with Gasteiger partial charge in [0.05, 0.1) is 0 Å². The molecule has 0 N–H and O–H groups in total. The molecule has 0 aromatic rings. The van der Waals surface area contributed by atoms with Crippen LogP contribution in [-0.2, 0) is 29.2 Å². The second-order valence-corrected chi connectivity index (χ2v) is 5.42. The van der Waals surface area contributed by atoms with Gasteiger partial charge in [0.15, 0.2) is 0 Å². The van der Waals surface area contributed by atoms with Gasteiger partial charge in [-0.2, -0.15) is 4.89 Å². The second-order valence-electron chi connectivity index (χ2n) is 5.42. The summed E-state index contributed by atoms with van der Waals surface area (Å²) in [5.41, 5.74) is -0.363. The van der Waals surface area contributed by atoms with Gasteiger partial charge in [0.25, 0.3) is 11.8 Å². The molecule has 0 aromatic carbocycles. The van der Waals surface area contributed by atoms with Crippen molar-refractivity contribution in [1.29, 1.82) is 0 Å². The van der Waals surface area contributed by atoms with E-state index < -0.39 is 29.9 Å². The van der Waals surface area contributed by atoms with Gasteiger partial charge in [0.2, 0.25) is 0 Å². The number of hydrogen-bond acceptors (Lipinski definition) is 6. The topological polar surface area (TPSA) is 82.1 Å². The van der Waals surface area contributed by atoms with Crippen molar-refractivity contribution >= 4 is 17.8 Å². The first-order valence-corrected chi connectivity index (χ1v) is 6.24. The molecular formula is C13H19NO6. The highest BCUT2D eigenvalue weighted by atomic mass is 17.5. The molecule has 0 aliphatic carbocycles. The molecule has 1 heterocycles. The van der Waals surface area contributed by atoms with Gasteiger partial charge in [-0.05, 0) is 31.7 Å². The fourth-order valence-corrected chi connectivity index (χ4v) is 1.18. The summed E-state index contributed by atoms with van der Waals surface area (Å²) in [5.74, 6) is -1.83. The Kier molecular flexibility index (Phi) is 5.02. The summed E-state index contributed by atoms with van der Waals surface area (Å²) in [6, 6.07) is 0. The maximum absolute atomic E-state index is 11.5. The van der Waals surface area contributed by atoms with E-state index in [-0.39, 0.29) is 11.5 Å². The molecule has 0 bridgehead atoms. The van der Waals surface area contributed by atoms with Crippen LogP contribution in [0.5, 0.6) is 0 Å². The summed E-state index contributed by atoms with van der Waals surface area (Å²) in [5, 5.41) is 4.41. The van der Waals surface area contributed by atoms with E-state index >= 15 is 0 Å². The van der Waals surface area contributed by atoms with Gasteiger partial charge < -0.3 is 0 Å². The molecule has 112 valence electrons. The molecule has 0 radical (unpaired) electrons. The van der Waals surface area contributed by atoms with Gasteiger partial charge in [-0.15, -0.1) is 0 Å². The van der Waals surface area contributed by atoms with Crippen LogP contribution in [0.1, 0.15) is 34.6 Å². The molecule has 0 spiro atoms. The minimum Gasteiger partial charge on any atom is -0.269 e. The first-order chi connectivity index (χ1) is 9.15. The minimum absolute atomic E-state index is 0.134. The van der Waals surface area contributed by atoms with Crippen molar-refractivity contribution in [1.82, 2.24) is 4.90 Å². The van der Waals surface area contributed by atoms with Crippen LogP contribution in [0.3, 0.4) is 0 Å². The molecule has 0 unspecified atom stereocenters. The number of carbonyl (C=O) groups is 3. The number of nitrogens with zero attached hydrogens (tertiary/aromatic N) is 1. The fourth-order valence-electron chi connectivity index (χ4n) is 1.18. The van der Waals surface area contributed by atoms with Crippen LogP contribution in [0, 0.1) is 5.92 Å². The molecule has 7 nitrogen and oxygen atoms in total. The maximum Gasteiger partial charge on any atom is 0.365 e.